The first-order valence-electron chi connectivity index (χ1n) is 14.2. The normalized spacial score (nSPS) is 16.8. The van der Waals surface area contributed by atoms with Crippen LogP contribution in [0.5, 0.6) is 0 Å². The van der Waals surface area contributed by atoms with Crippen LogP contribution in [-0.2, 0) is 0 Å². The minimum absolute atomic E-state index is 0.0952. The van der Waals surface area contributed by atoms with Crippen molar-refractivity contribution in [3.05, 3.63) is 52.8 Å². The average molecular weight is 528 g/mol. The summed E-state index contributed by atoms with van der Waals surface area (Å²) < 4.78 is 1.16. The molecule has 1 aromatic heterocycles. The molecular weight excluding hydrogens is 478 g/mol. The van der Waals surface area contributed by atoms with Crippen LogP contribution in [-0.4, -0.2) is 11.9 Å². The first-order chi connectivity index (χ1) is 17.3. The van der Waals surface area contributed by atoms with Crippen LogP contribution in [0, 0.1) is 17.3 Å². The molecule has 0 aliphatic heterocycles. The van der Waals surface area contributed by atoms with Gasteiger partial charge in [0.15, 0.2) is 0 Å². The Hall–Kier alpha value is -1.52. The molecule has 1 saturated carbocycles. The van der Waals surface area contributed by atoms with E-state index in [4.69, 9.17) is 0 Å². The Morgan fingerprint density at radius 1 is 1.19 bits per heavy atom. The molecule has 0 radical (unpaired) electrons. The van der Waals surface area contributed by atoms with Crippen molar-refractivity contribution in [2.24, 2.45) is 17.3 Å². The molecule has 0 saturated heterocycles. The third-order valence-corrected chi connectivity index (χ3v) is 9.45. The van der Waals surface area contributed by atoms with E-state index in [2.05, 4.69) is 82.3 Å². The summed E-state index contributed by atoms with van der Waals surface area (Å²) in [5.74, 6) is 1.24. The Labute approximate surface area is 229 Å². The topological polar surface area (TPSA) is 29.1 Å². The molecule has 1 aliphatic carbocycles. The second-order valence-electron chi connectivity index (χ2n) is 10.4. The molecule has 2 nitrogen and oxygen atoms in total. The first kappa shape index (κ1) is 30.7. The lowest BCUT2D eigenvalue weighted by Crippen LogP contribution is -2.45. The van der Waals surface area contributed by atoms with E-state index in [1.54, 1.807) is 23.1 Å². The highest BCUT2D eigenvalue weighted by Gasteiger charge is 2.48. The summed E-state index contributed by atoms with van der Waals surface area (Å²) in [6, 6.07) is 8.65. The molecule has 1 fully saturated rings. The maximum absolute atomic E-state index is 13.5. The highest BCUT2D eigenvalue weighted by Crippen LogP contribution is 2.51. The van der Waals surface area contributed by atoms with Gasteiger partial charge in [0, 0.05) is 21.2 Å². The van der Waals surface area contributed by atoms with E-state index in [9.17, 15) is 4.79 Å². The Morgan fingerprint density at radius 2 is 1.92 bits per heavy atom. The van der Waals surface area contributed by atoms with Crippen LogP contribution in [0.1, 0.15) is 115 Å². The van der Waals surface area contributed by atoms with Crippen molar-refractivity contribution in [1.29, 1.82) is 0 Å². The van der Waals surface area contributed by atoms with Crippen molar-refractivity contribution in [2.75, 3.05) is 0 Å². The quantitative estimate of drug-likeness (QED) is 0.265. The van der Waals surface area contributed by atoms with Crippen molar-refractivity contribution >= 4 is 44.0 Å². The molecule has 3 atom stereocenters. The van der Waals surface area contributed by atoms with Crippen LogP contribution >= 0.6 is 23.1 Å². The summed E-state index contributed by atoms with van der Waals surface area (Å²) in [5.41, 5.74) is 1.40. The number of fused-ring (bicyclic) bond motifs is 1. The highest BCUT2D eigenvalue weighted by molar-refractivity contribution is 8.10. The third kappa shape index (κ3) is 8.25. The molecule has 0 spiro atoms. The molecule has 1 aromatic carbocycles. The molecule has 36 heavy (non-hydrogen) atoms. The molecule has 1 amide bonds. The molecule has 1 aliphatic rings. The average Bonchev–Trinajstić information content (AvgIpc) is 3.47. The van der Waals surface area contributed by atoms with E-state index < -0.39 is 0 Å². The Balaban J connectivity index is 0.00000222. The van der Waals surface area contributed by atoms with E-state index >= 15 is 0 Å². The fourth-order valence-electron chi connectivity index (χ4n) is 4.75. The third-order valence-electron chi connectivity index (χ3n) is 7.47. The zero-order valence-electron chi connectivity index (χ0n) is 23.8. The van der Waals surface area contributed by atoms with Gasteiger partial charge in [-0.1, -0.05) is 117 Å². The summed E-state index contributed by atoms with van der Waals surface area (Å²) in [5, 5.41) is 6.81. The van der Waals surface area contributed by atoms with Crippen molar-refractivity contribution in [3.8, 4) is 0 Å². The van der Waals surface area contributed by atoms with E-state index in [1.807, 2.05) is 13.8 Å². The molecule has 0 bridgehead atoms. The number of allylic oxidation sites excluding steroid dienone is 1. The second kappa shape index (κ2) is 15.0. The maximum atomic E-state index is 13.5. The van der Waals surface area contributed by atoms with Gasteiger partial charge >= 0.3 is 0 Å². The van der Waals surface area contributed by atoms with E-state index in [0.717, 1.165) is 31.9 Å². The van der Waals surface area contributed by atoms with Crippen molar-refractivity contribution < 1.29 is 4.79 Å². The Bertz CT molecular complexity index is 1000. The number of rotatable bonds is 14. The zero-order chi connectivity index (χ0) is 26.7. The van der Waals surface area contributed by atoms with Gasteiger partial charge in [-0.15, -0.1) is 11.3 Å². The number of benzene rings is 1. The number of thioether (sulfide) groups is 1. The largest absolute Gasteiger partial charge is 0.348 e. The number of nitrogens with one attached hydrogen (secondary N) is 1. The molecular formula is C32H49NOS2. The Morgan fingerprint density at radius 3 is 2.53 bits per heavy atom. The first-order valence-corrected chi connectivity index (χ1v) is 15.9. The lowest BCUT2D eigenvalue weighted by molar-refractivity contribution is 0.0888. The number of carbonyl (C=O) groups is 1. The van der Waals surface area contributed by atoms with E-state index in [1.165, 1.54) is 44.9 Å². The number of thiophene rings is 1. The minimum Gasteiger partial charge on any atom is -0.348 e. The van der Waals surface area contributed by atoms with Gasteiger partial charge in [-0.25, -0.2) is 0 Å². The molecule has 4 heteroatoms. The maximum Gasteiger partial charge on any atom is 0.261 e. The van der Waals surface area contributed by atoms with Crippen molar-refractivity contribution in [1.82, 2.24) is 5.32 Å². The smallest absolute Gasteiger partial charge is 0.261 e. The molecule has 3 unspecified atom stereocenters. The number of carbonyl (C=O) groups excluding carboxylic acids is 1. The van der Waals surface area contributed by atoms with Crippen LogP contribution in [0.3, 0.4) is 0 Å². The van der Waals surface area contributed by atoms with Gasteiger partial charge in [0.25, 0.3) is 5.91 Å². The van der Waals surface area contributed by atoms with Crippen LogP contribution in [0.2, 0.25) is 0 Å². The Kier molecular flexibility index (Phi) is 12.8. The van der Waals surface area contributed by atoms with Gasteiger partial charge in [0.1, 0.15) is 0 Å². The summed E-state index contributed by atoms with van der Waals surface area (Å²) in [4.78, 5) is 15.4. The van der Waals surface area contributed by atoms with Gasteiger partial charge < -0.3 is 5.32 Å². The van der Waals surface area contributed by atoms with Crippen LogP contribution in [0.25, 0.3) is 15.0 Å². The number of amides is 1. The highest BCUT2D eigenvalue weighted by atomic mass is 32.2. The number of hydrogen-bond acceptors (Lipinski definition) is 3. The van der Waals surface area contributed by atoms with Crippen molar-refractivity contribution in [2.45, 2.75) is 106 Å². The van der Waals surface area contributed by atoms with E-state index in [-0.39, 0.29) is 17.4 Å². The summed E-state index contributed by atoms with van der Waals surface area (Å²) in [6.07, 6.45) is 11.9. The molecule has 3 rings (SSSR count). The molecule has 200 valence electrons. The fraction of sp³-hybridized carbons (Fsp3) is 0.594. The fourth-order valence-corrected chi connectivity index (χ4v) is 6.72. The second-order valence-corrected chi connectivity index (χ2v) is 12.4. The van der Waals surface area contributed by atoms with Crippen LogP contribution in [0.15, 0.2) is 42.3 Å². The predicted octanol–water partition coefficient (Wildman–Crippen LogP) is 10.7. The van der Waals surface area contributed by atoms with Gasteiger partial charge in [-0.2, -0.15) is 0 Å². The van der Waals surface area contributed by atoms with Gasteiger partial charge in [-0.3, -0.25) is 4.79 Å². The van der Waals surface area contributed by atoms with Gasteiger partial charge in [0.2, 0.25) is 0 Å². The van der Waals surface area contributed by atoms with E-state index in [0.29, 0.717) is 11.8 Å². The lowest BCUT2D eigenvalue weighted by Gasteiger charge is -2.33. The monoisotopic (exact) mass is 527 g/mol. The lowest BCUT2D eigenvalue weighted by atomic mass is 9.81. The molecule has 2 aromatic rings. The van der Waals surface area contributed by atoms with Crippen LogP contribution in [0.4, 0.5) is 0 Å². The summed E-state index contributed by atoms with van der Waals surface area (Å²) in [7, 11) is 0. The minimum atomic E-state index is 0.0952. The standard InChI is InChI=1S/C30H43NOS2.C2H6/c1-7-10-13-23(12-8-2)28(30(6)17-18-30)31-29(32)26-20-24-14-11-15-25(27(24)34-26)22(5)33-19-16-21(4)9-3;1-2/h11,14-16,19-21,23,28H,5,7-10,12-13,17-18H2,1-4,6H3,(H,31,32);1-2H3/b19-16-;. The SMILES string of the molecule is C=C(S/C=C\C(C)CC)c1cccc2cc(C(=O)NC(C(CCC)CCCC)C3(C)CC3)sc12.CC. The van der Waals surface area contributed by atoms with Crippen LogP contribution < -0.4 is 5.32 Å². The van der Waals surface area contributed by atoms with Gasteiger partial charge in [0.05, 0.1) is 4.88 Å². The summed E-state index contributed by atoms with van der Waals surface area (Å²) >= 11 is 3.29. The molecule has 1 heterocycles. The van der Waals surface area contributed by atoms with Crippen molar-refractivity contribution in [3.63, 3.8) is 0 Å². The molecule has 1 N–H and O–H groups in total. The zero-order valence-corrected chi connectivity index (χ0v) is 25.4. The van der Waals surface area contributed by atoms with Gasteiger partial charge in [-0.05, 0) is 59.8 Å². The number of unbranched alkanes of at least 4 members (excludes halogenated alkanes) is 1. The number of hydrogen-bond donors (Lipinski definition) is 1. The summed E-state index contributed by atoms with van der Waals surface area (Å²) in [6.45, 7) is 19.7. The predicted molar refractivity (Wildman–Crippen MR) is 165 cm³/mol.